The Labute approximate surface area is 220 Å². The Hall–Kier alpha value is -3.98. The van der Waals surface area contributed by atoms with Gasteiger partial charge in [0.05, 0.1) is 6.54 Å². The molecule has 0 bridgehead atoms. The first-order valence-corrected chi connectivity index (χ1v) is 13.4. The Kier molecular flexibility index (Phi) is 8.68. The topological polar surface area (TPSA) is 110 Å². The lowest BCUT2D eigenvalue weighted by molar-refractivity contribution is -0.139. The van der Waals surface area contributed by atoms with E-state index in [4.69, 9.17) is 0 Å². The minimum Gasteiger partial charge on any atom is -0.480 e. The third-order valence-electron chi connectivity index (χ3n) is 6.12. The number of hydrogen-bond acceptors (Lipinski definition) is 6. The van der Waals surface area contributed by atoms with Crippen LogP contribution in [0.1, 0.15) is 39.3 Å². The highest BCUT2D eigenvalue weighted by atomic mass is 32.2. The van der Waals surface area contributed by atoms with Gasteiger partial charge in [-0.1, -0.05) is 60.7 Å². The number of rotatable bonds is 11. The summed E-state index contributed by atoms with van der Waals surface area (Å²) in [4.78, 5) is 25.0. The molecule has 1 aromatic heterocycles. The van der Waals surface area contributed by atoms with E-state index in [-0.39, 0.29) is 0 Å². The monoisotopic (exact) mass is 515 g/mol. The summed E-state index contributed by atoms with van der Waals surface area (Å²) in [5.74, 6) is -0.104. The van der Waals surface area contributed by atoms with Gasteiger partial charge in [-0.2, -0.15) is 11.8 Å². The number of tetrazole rings is 1. The van der Waals surface area contributed by atoms with Gasteiger partial charge in [-0.3, -0.25) is 4.79 Å². The zero-order valence-electron chi connectivity index (χ0n) is 20.8. The molecule has 0 fully saturated rings. The molecule has 0 unspecified atom stereocenters. The molecule has 1 atom stereocenters. The highest BCUT2D eigenvalue weighted by Gasteiger charge is 2.23. The fourth-order valence-corrected chi connectivity index (χ4v) is 4.61. The largest absolute Gasteiger partial charge is 0.480 e. The molecule has 0 spiro atoms. The second kappa shape index (κ2) is 12.3. The first-order valence-electron chi connectivity index (χ1n) is 12.0. The van der Waals surface area contributed by atoms with Crippen molar-refractivity contribution < 1.29 is 14.7 Å². The van der Waals surface area contributed by atoms with Crippen molar-refractivity contribution in [2.45, 2.75) is 32.4 Å². The molecular formula is C28H29N5O3S. The van der Waals surface area contributed by atoms with Gasteiger partial charge in [0.25, 0.3) is 5.91 Å². The van der Waals surface area contributed by atoms with Crippen LogP contribution in [-0.4, -0.2) is 55.2 Å². The third kappa shape index (κ3) is 6.62. The van der Waals surface area contributed by atoms with E-state index in [1.165, 1.54) is 0 Å². The molecule has 0 aliphatic rings. The highest BCUT2D eigenvalue weighted by molar-refractivity contribution is 7.98. The van der Waals surface area contributed by atoms with E-state index in [0.29, 0.717) is 36.5 Å². The second-order valence-corrected chi connectivity index (χ2v) is 9.74. The van der Waals surface area contributed by atoms with Crippen LogP contribution in [0.3, 0.4) is 0 Å². The van der Waals surface area contributed by atoms with Gasteiger partial charge in [-0.15, -0.1) is 5.10 Å². The summed E-state index contributed by atoms with van der Waals surface area (Å²) in [6.45, 7) is 2.55. The van der Waals surface area contributed by atoms with Gasteiger partial charge in [0.2, 0.25) is 0 Å². The first kappa shape index (κ1) is 26.1. The third-order valence-corrected chi connectivity index (χ3v) is 6.77. The maximum absolute atomic E-state index is 13.3. The molecule has 0 aliphatic heterocycles. The van der Waals surface area contributed by atoms with Crippen LogP contribution in [-0.2, 0) is 17.8 Å². The van der Waals surface area contributed by atoms with Crippen molar-refractivity contribution in [2.75, 3.05) is 12.0 Å². The molecule has 1 amide bonds. The lowest BCUT2D eigenvalue weighted by Crippen LogP contribution is -2.41. The van der Waals surface area contributed by atoms with Crippen LogP contribution in [0.5, 0.6) is 0 Å². The number of carbonyl (C=O) groups is 2. The number of thioether (sulfide) groups is 1. The molecule has 4 rings (SSSR count). The second-order valence-electron chi connectivity index (χ2n) is 8.76. The number of aliphatic carboxylic acids is 1. The fraction of sp³-hybridized carbons (Fsp3) is 0.250. The number of nitrogens with zero attached hydrogens (tertiary/aromatic N) is 4. The van der Waals surface area contributed by atoms with Gasteiger partial charge in [0.1, 0.15) is 6.04 Å². The van der Waals surface area contributed by atoms with Crippen molar-refractivity contribution in [1.82, 2.24) is 25.5 Å². The Balaban J connectivity index is 1.65. The number of nitrogens with one attached hydrogen (secondary N) is 1. The zero-order valence-corrected chi connectivity index (χ0v) is 21.6. The number of benzene rings is 3. The molecule has 2 N–H and O–H groups in total. The van der Waals surface area contributed by atoms with Gasteiger partial charge in [-0.05, 0) is 75.7 Å². The summed E-state index contributed by atoms with van der Waals surface area (Å²) in [5.41, 5.74) is 5.13. The van der Waals surface area contributed by atoms with Crippen molar-refractivity contribution in [1.29, 1.82) is 0 Å². The van der Waals surface area contributed by atoms with E-state index in [1.807, 2.05) is 79.9 Å². The van der Waals surface area contributed by atoms with E-state index in [2.05, 4.69) is 20.8 Å². The van der Waals surface area contributed by atoms with Crippen LogP contribution >= 0.6 is 11.8 Å². The molecule has 37 heavy (non-hydrogen) atoms. The quantitative estimate of drug-likeness (QED) is 0.308. The predicted octanol–water partition coefficient (Wildman–Crippen LogP) is 4.22. The minimum absolute atomic E-state index is 0.351. The average molecular weight is 516 g/mol. The van der Waals surface area contributed by atoms with Crippen LogP contribution in [0.2, 0.25) is 0 Å². The van der Waals surface area contributed by atoms with Crippen LogP contribution in [0, 0.1) is 6.92 Å². The lowest BCUT2D eigenvalue weighted by atomic mass is 9.93. The van der Waals surface area contributed by atoms with E-state index >= 15 is 0 Å². The number of carboxylic acids is 1. The number of aromatic nitrogens is 4. The number of carboxylic acid groups (broad SMARTS) is 1. The molecule has 9 heteroatoms. The van der Waals surface area contributed by atoms with Gasteiger partial charge in [0, 0.05) is 12.0 Å². The van der Waals surface area contributed by atoms with Crippen molar-refractivity contribution in [2.24, 2.45) is 0 Å². The first-order chi connectivity index (χ1) is 18.0. The van der Waals surface area contributed by atoms with Gasteiger partial charge in [0.15, 0.2) is 5.82 Å². The van der Waals surface area contributed by atoms with E-state index in [0.717, 1.165) is 27.8 Å². The molecule has 3 aromatic carbocycles. The van der Waals surface area contributed by atoms with Gasteiger partial charge >= 0.3 is 5.97 Å². The van der Waals surface area contributed by atoms with Gasteiger partial charge < -0.3 is 10.4 Å². The van der Waals surface area contributed by atoms with Crippen molar-refractivity contribution in [3.05, 3.63) is 101 Å². The molecule has 0 saturated carbocycles. The molecule has 0 saturated heterocycles. The van der Waals surface area contributed by atoms with Crippen LogP contribution in [0.15, 0.2) is 72.8 Å². The molecule has 1 heterocycles. The van der Waals surface area contributed by atoms with Crippen molar-refractivity contribution in [3.63, 3.8) is 0 Å². The minimum atomic E-state index is -1.04. The number of aryl methyl sites for hydroxylation is 1. The Morgan fingerprint density at radius 2 is 1.76 bits per heavy atom. The van der Waals surface area contributed by atoms with Crippen molar-refractivity contribution >= 4 is 23.6 Å². The summed E-state index contributed by atoms with van der Waals surface area (Å²) < 4.78 is 1.77. The standard InChI is InChI=1S/C28H29N5O3S/c1-19-8-6-7-11-22(19)24-16-21(12-13-23(24)27(34)29-25(28(35)36)14-15-37-2)17-26-30-31-32-33(26)18-20-9-4-3-5-10-20/h3-13,16,25H,14-15,17-18H2,1-2H3,(H,29,34)(H,35,36)/t25-/m0/s1. The molecular weight excluding hydrogens is 486 g/mol. The lowest BCUT2D eigenvalue weighted by Gasteiger charge is -2.17. The molecule has 4 aromatic rings. The molecule has 8 nitrogen and oxygen atoms in total. The summed E-state index contributed by atoms with van der Waals surface area (Å²) in [6.07, 6.45) is 2.74. The number of carbonyl (C=O) groups excluding carboxylic acids is 1. The number of hydrogen-bond donors (Lipinski definition) is 2. The Bertz CT molecular complexity index is 1370. The van der Waals surface area contributed by atoms with Crippen LogP contribution in [0.4, 0.5) is 0 Å². The highest BCUT2D eigenvalue weighted by Crippen LogP contribution is 2.29. The normalized spacial score (nSPS) is 11.7. The van der Waals surface area contributed by atoms with E-state index < -0.39 is 17.9 Å². The summed E-state index contributed by atoms with van der Waals surface area (Å²) in [7, 11) is 0. The smallest absolute Gasteiger partial charge is 0.326 e. The van der Waals surface area contributed by atoms with Crippen LogP contribution in [0.25, 0.3) is 11.1 Å². The molecule has 0 radical (unpaired) electrons. The van der Waals surface area contributed by atoms with Crippen molar-refractivity contribution in [3.8, 4) is 11.1 Å². The maximum Gasteiger partial charge on any atom is 0.326 e. The summed E-state index contributed by atoms with van der Waals surface area (Å²) in [6, 6.07) is 22.5. The van der Waals surface area contributed by atoms with Crippen LogP contribution < -0.4 is 5.32 Å². The SMILES string of the molecule is CSCC[C@H](NC(=O)c1ccc(Cc2nnnn2Cc2ccccc2)cc1-c1ccccc1C)C(=O)O. The average Bonchev–Trinajstić information content (AvgIpc) is 3.33. The molecule has 0 aliphatic carbocycles. The maximum atomic E-state index is 13.3. The van der Waals surface area contributed by atoms with E-state index in [9.17, 15) is 14.7 Å². The fourth-order valence-electron chi connectivity index (χ4n) is 4.14. The summed E-state index contributed by atoms with van der Waals surface area (Å²) in [5, 5.41) is 24.6. The predicted molar refractivity (Wildman–Crippen MR) is 145 cm³/mol. The zero-order chi connectivity index (χ0) is 26.2. The Morgan fingerprint density at radius 3 is 2.49 bits per heavy atom. The van der Waals surface area contributed by atoms with Gasteiger partial charge in [-0.25, -0.2) is 9.48 Å². The Morgan fingerprint density at radius 1 is 1.00 bits per heavy atom. The number of amides is 1. The van der Waals surface area contributed by atoms with E-state index in [1.54, 1.807) is 22.5 Å². The molecule has 190 valence electrons. The summed E-state index contributed by atoms with van der Waals surface area (Å²) >= 11 is 1.54.